The highest BCUT2D eigenvalue weighted by Gasteiger charge is 2.37. The number of hydrogen-bond acceptors (Lipinski definition) is 9. The number of anilines is 1. The van der Waals surface area contributed by atoms with Crippen molar-refractivity contribution >= 4 is 11.9 Å². The lowest BCUT2D eigenvalue weighted by Gasteiger charge is -2.21. The van der Waals surface area contributed by atoms with Gasteiger partial charge in [-0.3, -0.25) is 4.79 Å². The third-order valence-corrected chi connectivity index (χ3v) is 4.76. The molecule has 1 aliphatic heterocycles. The number of β-amino-alcohol motifs (C(OH)–C–C–N with tert-alkyl or cyclic N) is 1. The van der Waals surface area contributed by atoms with E-state index in [0.717, 1.165) is 11.1 Å². The average molecular weight is 395 g/mol. The van der Waals surface area contributed by atoms with Gasteiger partial charge in [0.15, 0.2) is 5.82 Å². The maximum Gasteiger partial charge on any atom is 0.303 e. The summed E-state index contributed by atoms with van der Waals surface area (Å²) < 4.78 is 6.80. The van der Waals surface area contributed by atoms with Crippen molar-refractivity contribution < 1.29 is 14.6 Å². The summed E-state index contributed by atoms with van der Waals surface area (Å²) in [5.74, 6) is 0.309. The minimum Gasteiger partial charge on any atom is -0.458 e. The smallest absolute Gasteiger partial charge is 0.303 e. The van der Waals surface area contributed by atoms with Crippen LogP contribution in [0.15, 0.2) is 42.7 Å². The molecule has 3 atom stereocenters. The molecule has 4 N–H and O–H groups in total. The van der Waals surface area contributed by atoms with Gasteiger partial charge in [-0.05, 0) is 12.0 Å². The largest absolute Gasteiger partial charge is 0.458 e. The summed E-state index contributed by atoms with van der Waals surface area (Å²) in [7, 11) is 0. The van der Waals surface area contributed by atoms with E-state index in [-0.39, 0.29) is 12.0 Å². The number of aliphatic hydroxyl groups excluding tert-OH is 1. The zero-order chi connectivity index (χ0) is 20.4. The third-order valence-electron chi connectivity index (χ3n) is 4.76. The van der Waals surface area contributed by atoms with Gasteiger partial charge in [-0.2, -0.15) is 4.98 Å². The summed E-state index contributed by atoms with van der Waals surface area (Å²) in [5.41, 5.74) is 8.26. The highest BCUT2D eigenvalue weighted by atomic mass is 16.6. The van der Waals surface area contributed by atoms with Crippen molar-refractivity contribution in [1.29, 1.82) is 0 Å². The first kappa shape index (κ1) is 19.0. The highest BCUT2D eigenvalue weighted by molar-refractivity contribution is 5.66. The van der Waals surface area contributed by atoms with E-state index in [1.165, 1.54) is 11.6 Å². The number of nitrogens with two attached hydrogens (primary N) is 1. The number of nitrogens with one attached hydrogen (secondary N) is 1. The van der Waals surface area contributed by atoms with Crippen molar-refractivity contribution in [2.75, 3.05) is 12.3 Å². The molecule has 0 unspecified atom stereocenters. The Balaban J connectivity index is 1.46. The number of rotatable bonds is 5. The van der Waals surface area contributed by atoms with Crippen molar-refractivity contribution in [3.63, 3.8) is 0 Å². The predicted molar refractivity (Wildman–Crippen MR) is 104 cm³/mol. The molecule has 3 aromatic rings. The van der Waals surface area contributed by atoms with Crippen molar-refractivity contribution in [1.82, 2.24) is 30.3 Å². The molecule has 1 fully saturated rings. The van der Waals surface area contributed by atoms with Crippen LogP contribution in [0.3, 0.4) is 0 Å². The lowest BCUT2D eigenvalue weighted by molar-refractivity contribution is -0.151. The van der Waals surface area contributed by atoms with E-state index in [9.17, 15) is 9.90 Å². The molecule has 150 valence electrons. The van der Waals surface area contributed by atoms with Gasteiger partial charge in [0.2, 0.25) is 5.95 Å². The molecular formula is C19H21N7O3. The molecule has 3 heterocycles. The quantitative estimate of drug-likeness (QED) is 0.513. The van der Waals surface area contributed by atoms with E-state index in [0.29, 0.717) is 24.5 Å². The van der Waals surface area contributed by atoms with Gasteiger partial charge in [-0.1, -0.05) is 29.5 Å². The third kappa shape index (κ3) is 4.23. The maximum atomic E-state index is 11.3. The van der Waals surface area contributed by atoms with Crippen molar-refractivity contribution in [2.24, 2.45) is 0 Å². The maximum absolute atomic E-state index is 11.3. The molecule has 2 aromatic heterocycles. The Morgan fingerprint density at radius 2 is 2.14 bits per heavy atom. The molecule has 1 saturated heterocycles. The molecule has 29 heavy (non-hydrogen) atoms. The summed E-state index contributed by atoms with van der Waals surface area (Å²) in [6.45, 7) is 1.75. The topological polar surface area (TPSA) is 141 Å². The molecule has 1 aliphatic rings. The Labute approximate surface area is 166 Å². The molecule has 0 radical (unpaired) electrons. The van der Waals surface area contributed by atoms with Crippen LogP contribution in [-0.2, 0) is 16.0 Å². The number of benzene rings is 1. The number of nitrogen functional groups attached to an aromatic ring is 1. The average Bonchev–Trinajstić information content (AvgIpc) is 3.31. The van der Waals surface area contributed by atoms with Gasteiger partial charge < -0.3 is 20.9 Å². The Hall–Kier alpha value is -3.37. The van der Waals surface area contributed by atoms with Crippen LogP contribution in [0.1, 0.15) is 12.5 Å². The fraction of sp³-hybridized carbons (Fsp3) is 0.316. The van der Waals surface area contributed by atoms with Crippen LogP contribution in [0.25, 0.3) is 17.1 Å². The monoisotopic (exact) mass is 395 g/mol. The minimum atomic E-state index is -0.700. The van der Waals surface area contributed by atoms with Crippen molar-refractivity contribution in [2.45, 2.75) is 31.6 Å². The fourth-order valence-corrected chi connectivity index (χ4v) is 3.38. The molecule has 1 aromatic carbocycles. The molecule has 0 amide bonds. The predicted octanol–water partition coefficient (Wildman–Crippen LogP) is 0.113. The number of esters is 1. The summed E-state index contributed by atoms with van der Waals surface area (Å²) >= 11 is 0. The number of carbonyl (C=O) groups is 1. The number of aromatic nitrogens is 5. The first-order valence-electron chi connectivity index (χ1n) is 9.19. The summed E-state index contributed by atoms with van der Waals surface area (Å²) in [5, 5.41) is 21.5. The molecule has 10 heteroatoms. The molecule has 0 spiro atoms. The molecule has 0 saturated carbocycles. The SMILES string of the molecule is CC(=O)O[C@@H]1[C@@H](O)CN[C@@H]1Cc1ccc(-c2cn(-c3ccnc(N)n3)nn2)cc1. The number of aliphatic hydroxyl groups is 1. The second kappa shape index (κ2) is 7.94. The lowest BCUT2D eigenvalue weighted by atomic mass is 10.00. The number of ether oxygens (including phenoxy) is 1. The Morgan fingerprint density at radius 3 is 2.86 bits per heavy atom. The molecule has 0 aliphatic carbocycles. The normalized spacial score (nSPS) is 21.2. The van der Waals surface area contributed by atoms with E-state index in [2.05, 4.69) is 25.6 Å². The second-order valence-electron chi connectivity index (χ2n) is 6.88. The fourth-order valence-electron chi connectivity index (χ4n) is 3.38. The molecule has 4 rings (SSSR count). The van der Waals surface area contributed by atoms with Gasteiger partial charge in [-0.25, -0.2) is 9.67 Å². The Kier molecular flexibility index (Phi) is 5.19. The van der Waals surface area contributed by atoms with Gasteiger partial charge >= 0.3 is 5.97 Å². The Bertz CT molecular complexity index is 1010. The van der Waals surface area contributed by atoms with Crippen LogP contribution in [0.5, 0.6) is 0 Å². The standard InChI is InChI=1S/C19H21N7O3/c1-11(27)29-18-14(22-9-16(18)28)8-12-2-4-13(5-3-12)15-10-26(25-24-15)17-6-7-21-19(20)23-17/h2-7,10,14,16,18,22,28H,8-9H2,1H3,(H2,20,21,23)/t14-,16+,18+/m1/s1. The van der Waals surface area contributed by atoms with Crippen LogP contribution in [0.4, 0.5) is 5.95 Å². The number of hydrogen-bond donors (Lipinski definition) is 3. The summed E-state index contributed by atoms with van der Waals surface area (Å²) in [6.07, 6.45) is 2.71. The van der Waals surface area contributed by atoms with Crippen LogP contribution in [-0.4, -0.2) is 60.8 Å². The van der Waals surface area contributed by atoms with Gasteiger partial charge in [-0.15, -0.1) is 5.10 Å². The molecule has 0 bridgehead atoms. The first-order valence-corrected chi connectivity index (χ1v) is 9.19. The minimum absolute atomic E-state index is 0.135. The van der Waals surface area contributed by atoms with Gasteiger partial charge in [0.25, 0.3) is 0 Å². The lowest BCUT2D eigenvalue weighted by Crippen LogP contribution is -2.38. The van der Waals surface area contributed by atoms with Crippen molar-refractivity contribution in [3.8, 4) is 17.1 Å². The zero-order valence-electron chi connectivity index (χ0n) is 15.8. The Morgan fingerprint density at radius 1 is 1.34 bits per heavy atom. The zero-order valence-corrected chi connectivity index (χ0v) is 15.8. The van der Waals surface area contributed by atoms with E-state index in [1.54, 1.807) is 18.5 Å². The second-order valence-corrected chi connectivity index (χ2v) is 6.88. The molecular weight excluding hydrogens is 374 g/mol. The molecule has 10 nitrogen and oxygen atoms in total. The summed E-state index contributed by atoms with van der Waals surface area (Å²) in [6, 6.07) is 9.42. The first-order chi connectivity index (χ1) is 14.0. The van der Waals surface area contributed by atoms with E-state index in [1.807, 2.05) is 24.3 Å². The van der Waals surface area contributed by atoms with Gasteiger partial charge in [0.1, 0.15) is 17.9 Å². The van der Waals surface area contributed by atoms with E-state index >= 15 is 0 Å². The van der Waals surface area contributed by atoms with Gasteiger partial charge in [0, 0.05) is 31.3 Å². The van der Waals surface area contributed by atoms with Crippen molar-refractivity contribution in [3.05, 3.63) is 48.3 Å². The van der Waals surface area contributed by atoms with E-state index in [4.69, 9.17) is 10.5 Å². The summed E-state index contributed by atoms with van der Waals surface area (Å²) in [4.78, 5) is 19.3. The number of carbonyl (C=O) groups excluding carboxylic acids is 1. The van der Waals surface area contributed by atoms with Gasteiger partial charge in [0.05, 0.1) is 12.2 Å². The van der Waals surface area contributed by atoms with Crippen LogP contribution in [0, 0.1) is 0 Å². The van der Waals surface area contributed by atoms with Crippen LogP contribution < -0.4 is 11.1 Å². The van der Waals surface area contributed by atoms with Crippen LogP contribution >= 0.6 is 0 Å². The number of nitrogens with zero attached hydrogens (tertiary/aromatic N) is 5. The van der Waals surface area contributed by atoms with Crippen LogP contribution in [0.2, 0.25) is 0 Å². The highest BCUT2D eigenvalue weighted by Crippen LogP contribution is 2.21. The van der Waals surface area contributed by atoms with E-state index < -0.39 is 18.2 Å².